The minimum Gasteiger partial charge on any atom is -0.478 e. The Morgan fingerprint density at radius 3 is 2.26 bits per heavy atom. The summed E-state index contributed by atoms with van der Waals surface area (Å²) in [6, 6.07) is 17.6. The number of rotatable bonds is 8. The molecule has 3 aromatic rings. The van der Waals surface area contributed by atoms with Crippen LogP contribution in [0.3, 0.4) is 0 Å². The first-order valence-corrected chi connectivity index (χ1v) is 11.3. The normalized spacial score (nSPS) is 12.4. The number of hydrogen-bond acceptors (Lipinski definition) is 5. The summed E-state index contributed by atoms with van der Waals surface area (Å²) < 4.78 is 5.60. The Labute approximate surface area is 203 Å². The molecule has 1 aromatic heterocycles. The molecule has 8 nitrogen and oxygen atoms in total. The highest BCUT2D eigenvalue weighted by molar-refractivity contribution is 5.93. The second-order valence-corrected chi connectivity index (χ2v) is 9.15. The van der Waals surface area contributed by atoms with Gasteiger partial charge in [0.05, 0.1) is 17.4 Å². The molecule has 0 bridgehead atoms. The van der Waals surface area contributed by atoms with Crippen molar-refractivity contribution in [2.24, 2.45) is 0 Å². The minimum atomic E-state index is -1.12. The lowest BCUT2D eigenvalue weighted by atomic mass is 9.98. The third-order valence-corrected chi connectivity index (χ3v) is 6.03. The average Bonchev–Trinajstić information content (AvgIpc) is 3.15. The molecule has 0 saturated heterocycles. The molecule has 8 heteroatoms. The van der Waals surface area contributed by atoms with E-state index in [4.69, 9.17) is 9.84 Å². The predicted octanol–water partition coefficient (Wildman–Crippen LogP) is 4.82. The minimum absolute atomic E-state index is 0.0138. The fraction of sp³-hybridized carbons (Fsp3) is 0.259. The molecule has 0 fully saturated rings. The molecule has 0 aliphatic heterocycles. The molecular weight excluding hydrogens is 446 g/mol. The molecule has 3 N–H and O–H groups in total. The van der Waals surface area contributed by atoms with Crippen LogP contribution in [0.25, 0.3) is 11.1 Å². The van der Waals surface area contributed by atoms with E-state index in [1.54, 1.807) is 0 Å². The average molecular weight is 474 g/mol. The van der Waals surface area contributed by atoms with Gasteiger partial charge in [-0.3, -0.25) is 9.78 Å². The van der Waals surface area contributed by atoms with Crippen LogP contribution in [0.4, 0.5) is 10.5 Å². The molecule has 1 heterocycles. The van der Waals surface area contributed by atoms with Crippen molar-refractivity contribution in [3.05, 3.63) is 83.7 Å². The van der Waals surface area contributed by atoms with Crippen molar-refractivity contribution < 1.29 is 24.2 Å². The SMILES string of the molecule is CC(C)(CCC(=O)Nc1cncc(C(=O)O)c1)NC(=O)OCC1c2ccccc2-c2ccccc21. The fourth-order valence-corrected chi connectivity index (χ4v) is 4.25. The molecule has 4 rings (SSSR count). The number of anilines is 1. The van der Waals surface area contributed by atoms with Crippen LogP contribution in [0.5, 0.6) is 0 Å². The van der Waals surface area contributed by atoms with Gasteiger partial charge in [-0.15, -0.1) is 0 Å². The van der Waals surface area contributed by atoms with Crippen LogP contribution < -0.4 is 10.6 Å². The highest BCUT2D eigenvalue weighted by atomic mass is 16.5. The van der Waals surface area contributed by atoms with Gasteiger partial charge in [-0.1, -0.05) is 48.5 Å². The fourth-order valence-electron chi connectivity index (χ4n) is 4.25. The number of fused-ring (bicyclic) bond motifs is 3. The first-order chi connectivity index (χ1) is 16.7. The van der Waals surface area contributed by atoms with E-state index >= 15 is 0 Å². The molecule has 0 atom stereocenters. The molecule has 0 spiro atoms. The number of nitrogens with one attached hydrogen (secondary N) is 2. The number of pyridine rings is 1. The summed E-state index contributed by atoms with van der Waals surface area (Å²) in [6.07, 6.45) is 2.52. The lowest BCUT2D eigenvalue weighted by Gasteiger charge is -2.26. The number of amides is 2. The van der Waals surface area contributed by atoms with Gasteiger partial charge in [0.15, 0.2) is 0 Å². The third kappa shape index (κ3) is 5.66. The molecule has 1 aliphatic carbocycles. The van der Waals surface area contributed by atoms with E-state index in [9.17, 15) is 14.4 Å². The molecule has 35 heavy (non-hydrogen) atoms. The topological polar surface area (TPSA) is 118 Å². The number of aromatic carboxylic acids is 1. The number of carboxylic acid groups (broad SMARTS) is 1. The van der Waals surface area contributed by atoms with Crippen molar-refractivity contribution in [2.45, 2.75) is 38.1 Å². The monoisotopic (exact) mass is 473 g/mol. The molecule has 0 radical (unpaired) electrons. The zero-order chi connectivity index (χ0) is 25.0. The smallest absolute Gasteiger partial charge is 0.407 e. The van der Waals surface area contributed by atoms with Gasteiger partial charge < -0.3 is 20.5 Å². The number of ether oxygens (including phenoxy) is 1. The van der Waals surface area contributed by atoms with E-state index in [2.05, 4.69) is 39.9 Å². The van der Waals surface area contributed by atoms with Crippen molar-refractivity contribution in [2.75, 3.05) is 11.9 Å². The van der Waals surface area contributed by atoms with Gasteiger partial charge in [-0.05, 0) is 48.6 Å². The summed E-state index contributed by atoms with van der Waals surface area (Å²) in [5.41, 5.74) is 4.19. The van der Waals surface area contributed by atoms with Gasteiger partial charge in [0.1, 0.15) is 6.61 Å². The molecular formula is C27H27N3O5. The Hall–Kier alpha value is -4.20. The van der Waals surface area contributed by atoms with Crippen LogP contribution in [0.15, 0.2) is 67.0 Å². The van der Waals surface area contributed by atoms with Crippen molar-refractivity contribution in [1.29, 1.82) is 0 Å². The summed E-state index contributed by atoms with van der Waals surface area (Å²) in [4.78, 5) is 39.8. The molecule has 180 valence electrons. The van der Waals surface area contributed by atoms with Crippen molar-refractivity contribution in [3.8, 4) is 11.1 Å². The Morgan fingerprint density at radius 1 is 1.00 bits per heavy atom. The molecule has 2 aromatic carbocycles. The van der Waals surface area contributed by atoms with E-state index in [1.807, 2.05) is 38.1 Å². The van der Waals surface area contributed by atoms with Gasteiger partial charge in [0.25, 0.3) is 0 Å². The predicted molar refractivity (Wildman–Crippen MR) is 131 cm³/mol. The first-order valence-electron chi connectivity index (χ1n) is 11.3. The molecule has 2 amide bonds. The summed E-state index contributed by atoms with van der Waals surface area (Å²) in [5, 5.41) is 14.5. The maximum atomic E-state index is 12.6. The summed E-state index contributed by atoms with van der Waals surface area (Å²) in [7, 11) is 0. The lowest BCUT2D eigenvalue weighted by molar-refractivity contribution is -0.116. The Bertz CT molecular complexity index is 1230. The summed E-state index contributed by atoms with van der Waals surface area (Å²) in [6.45, 7) is 3.84. The Kier molecular flexibility index (Phi) is 6.82. The van der Waals surface area contributed by atoms with Crippen molar-refractivity contribution in [1.82, 2.24) is 10.3 Å². The van der Waals surface area contributed by atoms with E-state index in [1.165, 1.54) is 18.5 Å². The van der Waals surface area contributed by atoms with E-state index < -0.39 is 17.6 Å². The second-order valence-electron chi connectivity index (χ2n) is 9.15. The zero-order valence-electron chi connectivity index (χ0n) is 19.6. The maximum absolute atomic E-state index is 12.6. The van der Waals surface area contributed by atoms with Crippen LogP contribution >= 0.6 is 0 Å². The molecule has 0 unspecified atom stereocenters. The van der Waals surface area contributed by atoms with Crippen LogP contribution in [0.1, 0.15) is 54.1 Å². The van der Waals surface area contributed by atoms with Crippen LogP contribution in [-0.2, 0) is 9.53 Å². The number of carbonyl (C=O) groups excluding carboxylic acids is 2. The van der Waals surface area contributed by atoms with Crippen LogP contribution in [0.2, 0.25) is 0 Å². The number of aromatic nitrogens is 1. The highest BCUT2D eigenvalue weighted by Crippen LogP contribution is 2.44. The number of hydrogen-bond donors (Lipinski definition) is 3. The van der Waals surface area contributed by atoms with Gasteiger partial charge in [0.2, 0.25) is 5.91 Å². The highest BCUT2D eigenvalue weighted by Gasteiger charge is 2.30. The lowest BCUT2D eigenvalue weighted by Crippen LogP contribution is -2.44. The Balaban J connectivity index is 1.29. The first kappa shape index (κ1) is 23.9. The number of nitrogens with zero attached hydrogens (tertiary/aromatic N) is 1. The van der Waals surface area contributed by atoms with Crippen molar-refractivity contribution in [3.63, 3.8) is 0 Å². The number of benzene rings is 2. The van der Waals surface area contributed by atoms with Gasteiger partial charge in [-0.25, -0.2) is 9.59 Å². The third-order valence-electron chi connectivity index (χ3n) is 6.03. The quantitative estimate of drug-likeness (QED) is 0.432. The van der Waals surface area contributed by atoms with Gasteiger partial charge >= 0.3 is 12.1 Å². The number of carboxylic acids is 1. The maximum Gasteiger partial charge on any atom is 0.407 e. The van der Waals surface area contributed by atoms with Crippen LogP contribution in [-0.4, -0.2) is 40.2 Å². The number of carbonyl (C=O) groups is 3. The molecule has 1 aliphatic rings. The van der Waals surface area contributed by atoms with Crippen LogP contribution in [0, 0.1) is 0 Å². The standard InChI is InChI=1S/C27H27N3O5/c1-27(2,12-11-24(31)29-18-13-17(25(32)33)14-28-15-18)30-26(34)35-16-23-21-9-5-3-7-19(21)20-8-4-6-10-22(20)23/h3-10,13-15,23H,11-12,16H2,1-2H3,(H,29,31)(H,30,34)(H,32,33). The van der Waals surface area contributed by atoms with Crippen molar-refractivity contribution >= 4 is 23.7 Å². The van der Waals surface area contributed by atoms with E-state index in [0.717, 1.165) is 22.3 Å². The van der Waals surface area contributed by atoms with E-state index in [0.29, 0.717) is 12.1 Å². The number of alkyl carbamates (subject to hydrolysis) is 1. The van der Waals surface area contributed by atoms with Gasteiger partial charge in [-0.2, -0.15) is 0 Å². The zero-order valence-corrected chi connectivity index (χ0v) is 19.6. The second kappa shape index (κ2) is 9.97. The molecule has 0 saturated carbocycles. The summed E-state index contributed by atoms with van der Waals surface area (Å²) >= 11 is 0. The van der Waals surface area contributed by atoms with E-state index in [-0.39, 0.29) is 30.4 Å². The van der Waals surface area contributed by atoms with Gasteiger partial charge in [0, 0.05) is 24.1 Å². The Morgan fingerprint density at radius 2 is 1.63 bits per heavy atom. The largest absolute Gasteiger partial charge is 0.478 e. The summed E-state index contributed by atoms with van der Waals surface area (Å²) in [5.74, 6) is -1.46.